The second-order valence-electron chi connectivity index (χ2n) is 8.12. The third kappa shape index (κ3) is 4.05. The molecule has 148 valence electrons. The van der Waals surface area contributed by atoms with Gasteiger partial charge in [-0.1, -0.05) is 0 Å². The molecule has 1 N–H and O–H groups in total. The van der Waals surface area contributed by atoms with Crippen LogP contribution in [0.25, 0.3) is 0 Å². The molecule has 2 atom stereocenters. The van der Waals surface area contributed by atoms with Crippen LogP contribution in [0.1, 0.15) is 67.8 Å². The normalized spacial score (nSPS) is 20.2. The van der Waals surface area contributed by atoms with Gasteiger partial charge in [0.25, 0.3) is 5.91 Å². The molecule has 2 aromatic heterocycles. The molecule has 1 fully saturated rings. The number of ether oxygens (including phenoxy) is 1. The van der Waals surface area contributed by atoms with Gasteiger partial charge in [0.15, 0.2) is 0 Å². The van der Waals surface area contributed by atoms with Crippen LogP contribution in [0.4, 0.5) is 10.2 Å². The maximum Gasteiger partial charge on any atom is 0.275 e. The number of rotatable bonds is 5. The summed E-state index contributed by atoms with van der Waals surface area (Å²) >= 11 is 0. The largest absolute Gasteiger partial charge is 0.378 e. The standard InChI is InChI=1S/C19H28FN5O2/c1-19(2,3)25-17(10-15(23-25)13-7-6-8-14(13)20)21-18(26)16-9-12(11-27-5)22-24(16)4/h9-10,13-14H,6-8,11H2,1-5H3,(H,21,26)/t13-,14+/m1/s1. The monoisotopic (exact) mass is 377 g/mol. The van der Waals surface area contributed by atoms with Gasteiger partial charge in [-0.3, -0.25) is 9.48 Å². The Bertz CT molecular complexity index is 821. The summed E-state index contributed by atoms with van der Waals surface area (Å²) in [6.45, 7) is 6.34. The molecule has 0 aliphatic heterocycles. The number of hydrogen-bond donors (Lipinski definition) is 1. The second-order valence-corrected chi connectivity index (χ2v) is 8.12. The summed E-state index contributed by atoms with van der Waals surface area (Å²) in [5, 5.41) is 11.8. The first kappa shape index (κ1) is 19.5. The van der Waals surface area contributed by atoms with Crippen molar-refractivity contribution < 1.29 is 13.9 Å². The minimum atomic E-state index is -0.870. The van der Waals surface area contributed by atoms with Gasteiger partial charge >= 0.3 is 0 Å². The van der Waals surface area contributed by atoms with Crippen molar-refractivity contribution in [1.29, 1.82) is 0 Å². The van der Waals surface area contributed by atoms with Gasteiger partial charge < -0.3 is 10.1 Å². The summed E-state index contributed by atoms with van der Waals surface area (Å²) in [4.78, 5) is 12.8. The predicted octanol–water partition coefficient (Wildman–Crippen LogP) is 3.38. The summed E-state index contributed by atoms with van der Waals surface area (Å²) in [5.74, 6) is 0.0814. The predicted molar refractivity (Wildman–Crippen MR) is 101 cm³/mol. The first-order valence-corrected chi connectivity index (χ1v) is 9.28. The Morgan fingerprint density at radius 2 is 2.07 bits per heavy atom. The molecule has 0 saturated heterocycles. The lowest BCUT2D eigenvalue weighted by Gasteiger charge is -2.22. The number of nitrogens with one attached hydrogen (secondary N) is 1. The maximum absolute atomic E-state index is 14.2. The fraction of sp³-hybridized carbons (Fsp3) is 0.632. The molecule has 0 bridgehead atoms. The van der Waals surface area contributed by atoms with Crippen LogP contribution in [0.3, 0.4) is 0 Å². The summed E-state index contributed by atoms with van der Waals surface area (Å²) in [7, 11) is 3.30. The van der Waals surface area contributed by atoms with E-state index in [1.165, 1.54) is 4.68 Å². The fourth-order valence-electron chi connectivity index (χ4n) is 3.57. The van der Waals surface area contributed by atoms with E-state index in [4.69, 9.17) is 4.74 Å². The van der Waals surface area contributed by atoms with Crippen molar-refractivity contribution in [3.63, 3.8) is 0 Å². The molecule has 2 heterocycles. The topological polar surface area (TPSA) is 74.0 Å². The van der Waals surface area contributed by atoms with Crippen molar-refractivity contribution in [2.75, 3.05) is 12.4 Å². The summed E-state index contributed by atoms with van der Waals surface area (Å²) in [6.07, 6.45) is 1.36. The first-order chi connectivity index (χ1) is 12.7. The Hall–Kier alpha value is -2.22. The number of hydrogen-bond acceptors (Lipinski definition) is 4. The molecule has 1 saturated carbocycles. The van der Waals surface area contributed by atoms with Crippen LogP contribution in [0.5, 0.6) is 0 Å². The van der Waals surface area contributed by atoms with Crippen molar-refractivity contribution >= 4 is 11.7 Å². The van der Waals surface area contributed by atoms with E-state index in [1.807, 2.05) is 20.8 Å². The van der Waals surface area contributed by atoms with E-state index in [-0.39, 0.29) is 17.4 Å². The number of halogens is 1. The molecule has 0 unspecified atom stereocenters. The molecule has 3 rings (SSSR count). The molecular formula is C19H28FN5O2. The molecular weight excluding hydrogens is 349 g/mol. The number of carbonyl (C=O) groups excluding carboxylic acids is 1. The highest BCUT2D eigenvalue weighted by molar-refractivity contribution is 6.02. The van der Waals surface area contributed by atoms with Gasteiger partial charge in [0.1, 0.15) is 17.7 Å². The number of nitrogens with zero attached hydrogens (tertiary/aromatic N) is 4. The Labute approximate surface area is 158 Å². The smallest absolute Gasteiger partial charge is 0.275 e. The lowest BCUT2D eigenvalue weighted by Crippen LogP contribution is -2.27. The van der Waals surface area contributed by atoms with Gasteiger partial charge in [-0.05, 0) is 46.1 Å². The molecule has 1 amide bonds. The van der Waals surface area contributed by atoms with Crippen molar-refractivity contribution in [3.05, 3.63) is 29.2 Å². The number of aromatic nitrogens is 4. The molecule has 1 aliphatic rings. The van der Waals surface area contributed by atoms with Crippen LogP contribution in [0, 0.1) is 0 Å². The molecule has 8 heteroatoms. The minimum Gasteiger partial charge on any atom is -0.378 e. The zero-order valence-corrected chi connectivity index (χ0v) is 16.6. The Balaban J connectivity index is 1.89. The number of methoxy groups -OCH3 is 1. The van der Waals surface area contributed by atoms with Crippen LogP contribution in [0.15, 0.2) is 12.1 Å². The lowest BCUT2D eigenvalue weighted by atomic mass is 10.0. The number of alkyl halides is 1. The van der Waals surface area contributed by atoms with Gasteiger partial charge in [-0.15, -0.1) is 0 Å². The molecule has 0 radical (unpaired) electrons. The zero-order chi connectivity index (χ0) is 19.8. The van der Waals surface area contributed by atoms with Crippen molar-refractivity contribution in [2.24, 2.45) is 7.05 Å². The van der Waals surface area contributed by atoms with E-state index in [1.54, 1.807) is 31.0 Å². The van der Waals surface area contributed by atoms with Gasteiger partial charge in [0, 0.05) is 26.1 Å². The fourth-order valence-corrected chi connectivity index (χ4v) is 3.57. The summed E-state index contributed by atoms with van der Waals surface area (Å²) in [5.41, 5.74) is 1.46. The number of aryl methyl sites for hydroxylation is 1. The van der Waals surface area contributed by atoms with E-state index < -0.39 is 6.17 Å². The third-order valence-corrected chi connectivity index (χ3v) is 4.87. The summed E-state index contributed by atoms with van der Waals surface area (Å²) in [6, 6.07) is 3.50. The molecule has 0 spiro atoms. The van der Waals surface area contributed by atoms with E-state index in [0.717, 1.165) is 12.8 Å². The van der Waals surface area contributed by atoms with Gasteiger partial charge in [0.05, 0.1) is 23.5 Å². The lowest BCUT2D eigenvalue weighted by molar-refractivity contribution is 0.101. The number of anilines is 1. The molecule has 27 heavy (non-hydrogen) atoms. The van der Waals surface area contributed by atoms with Crippen LogP contribution < -0.4 is 5.32 Å². The molecule has 7 nitrogen and oxygen atoms in total. The van der Waals surface area contributed by atoms with E-state index in [0.29, 0.717) is 35.9 Å². The third-order valence-electron chi connectivity index (χ3n) is 4.87. The van der Waals surface area contributed by atoms with Crippen molar-refractivity contribution in [2.45, 2.75) is 64.3 Å². The number of carbonyl (C=O) groups is 1. The highest BCUT2D eigenvalue weighted by atomic mass is 19.1. The highest BCUT2D eigenvalue weighted by Gasteiger charge is 2.32. The van der Waals surface area contributed by atoms with Crippen molar-refractivity contribution in [1.82, 2.24) is 19.6 Å². The zero-order valence-electron chi connectivity index (χ0n) is 16.6. The number of amides is 1. The van der Waals surface area contributed by atoms with E-state index >= 15 is 0 Å². The van der Waals surface area contributed by atoms with Crippen LogP contribution in [0.2, 0.25) is 0 Å². The van der Waals surface area contributed by atoms with Gasteiger partial charge in [-0.2, -0.15) is 10.2 Å². The molecule has 2 aromatic rings. The Kier molecular flexibility index (Phi) is 5.37. The second kappa shape index (κ2) is 7.42. The quantitative estimate of drug-likeness (QED) is 0.867. The van der Waals surface area contributed by atoms with Crippen LogP contribution in [-0.2, 0) is 23.9 Å². The molecule has 0 aromatic carbocycles. The van der Waals surface area contributed by atoms with Crippen LogP contribution in [-0.4, -0.2) is 38.7 Å². The molecule has 1 aliphatic carbocycles. The van der Waals surface area contributed by atoms with E-state index in [2.05, 4.69) is 15.5 Å². The highest BCUT2D eigenvalue weighted by Crippen LogP contribution is 2.37. The maximum atomic E-state index is 14.2. The van der Waals surface area contributed by atoms with Gasteiger partial charge in [-0.25, -0.2) is 9.07 Å². The van der Waals surface area contributed by atoms with E-state index in [9.17, 15) is 9.18 Å². The summed E-state index contributed by atoms with van der Waals surface area (Å²) < 4.78 is 22.6. The van der Waals surface area contributed by atoms with Crippen molar-refractivity contribution in [3.8, 4) is 0 Å². The Morgan fingerprint density at radius 3 is 2.67 bits per heavy atom. The average Bonchev–Trinajstić information content (AvgIpc) is 3.26. The van der Waals surface area contributed by atoms with Crippen LogP contribution >= 0.6 is 0 Å². The first-order valence-electron chi connectivity index (χ1n) is 9.28. The minimum absolute atomic E-state index is 0.200. The average molecular weight is 377 g/mol. The Morgan fingerprint density at radius 1 is 1.33 bits per heavy atom. The SMILES string of the molecule is COCc1cc(C(=O)Nc2cc([C@@H]3CCC[C@@H]3F)nn2C(C)(C)C)n(C)n1. The van der Waals surface area contributed by atoms with Gasteiger partial charge in [0.2, 0.25) is 0 Å².